The molecule has 0 radical (unpaired) electrons. The van der Waals surface area contributed by atoms with Crippen LogP contribution in [0.5, 0.6) is 0 Å². The third-order valence-corrected chi connectivity index (χ3v) is 3.82. The van der Waals surface area contributed by atoms with E-state index < -0.39 is 5.97 Å². The third kappa shape index (κ3) is 2.86. The van der Waals surface area contributed by atoms with E-state index in [-0.39, 0.29) is 18.2 Å². The molecule has 0 spiro atoms. The number of carboxylic acid groups (broad SMARTS) is 1. The number of carboxylic acids is 1. The highest BCUT2D eigenvalue weighted by molar-refractivity contribution is 9.10. The Balaban J connectivity index is 2.32. The lowest BCUT2D eigenvalue weighted by molar-refractivity contribution is -0.137. The van der Waals surface area contributed by atoms with Crippen LogP contribution in [0.25, 0.3) is 0 Å². The van der Waals surface area contributed by atoms with Crippen LogP contribution in [0.1, 0.15) is 36.3 Å². The van der Waals surface area contributed by atoms with Crippen LogP contribution in [0.15, 0.2) is 16.6 Å². The second kappa shape index (κ2) is 4.77. The fourth-order valence-electron chi connectivity index (χ4n) is 2.21. The number of rotatable bonds is 4. The van der Waals surface area contributed by atoms with E-state index >= 15 is 0 Å². The van der Waals surface area contributed by atoms with Gasteiger partial charge in [0.05, 0.1) is 10.9 Å². The number of carbonyl (C=O) groups is 1. The fourth-order valence-corrected chi connectivity index (χ4v) is 2.79. The van der Waals surface area contributed by atoms with Gasteiger partial charge in [-0.2, -0.15) is 0 Å². The predicted molar refractivity (Wildman–Crippen MR) is 66.6 cm³/mol. The van der Waals surface area contributed by atoms with Gasteiger partial charge in [-0.05, 0) is 64.7 Å². The van der Waals surface area contributed by atoms with Crippen molar-refractivity contribution in [2.45, 2.75) is 32.1 Å². The molecule has 0 saturated heterocycles. The lowest BCUT2D eigenvalue weighted by Crippen LogP contribution is -2.09. The largest absolute Gasteiger partial charge is 0.481 e. The second-order valence-electron chi connectivity index (χ2n) is 4.68. The Morgan fingerprint density at radius 1 is 1.59 bits per heavy atom. The summed E-state index contributed by atoms with van der Waals surface area (Å²) in [5.74, 6) is -0.593. The van der Waals surface area contributed by atoms with E-state index in [0.717, 1.165) is 18.4 Å². The lowest BCUT2D eigenvalue weighted by atomic mass is 9.90. The molecule has 1 unspecified atom stereocenters. The minimum atomic E-state index is -0.792. The predicted octanol–water partition coefficient (Wildman–Crippen LogP) is 3.86. The summed E-state index contributed by atoms with van der Waals surface area (Å²) in [5, 5.41) is 8.93. The molecule has 1 aromatic rings. The summed E-state index contributed by atoms with van der Waals surface area (Å²) < 4.78 is 13.9. The monoisotopic (exact) mass is 300 g/mol. The molecular formula is C13H14BrFO2. The number of benzene rings is 1. The minimum Gasteiger partial charge on any atom is -0.481 e. The molecule has 4 heteroatoms. The molecule has 2 nitrogen and oxygen atoms in total. The van der Waals surface area contributed by atoms with E-state index in [1.54, 1.807) is 19.1 Å². The molecule has 1 fully saturated rings. The third-order valence-electron chi connectivity index (χ3n) is 3.25. The van der Waals surface area contributed by atoms with Crippen molar-refractivity contribution in [2.24, 2.45) is 5.92 Å². The molecule has 2 rings (SSSR count). The van der Waals surface area contributed by atoms with E-state index in [1.807, 2.05) is 0 Å². The standard InChI is InChI=1S/C13H14BrFO2/c1-7-4-9(5-11(14)13(7)15)10(6-12(16)17)8-2-3-8/h4-5,8,10H,2-3,6H2,1H3,(H,16,17). The molecule has 1 saturated carbocycles. The van der Waals surface area contributed by atoms with Gasteiger partial charge in [0.25, 0.3) is 0 Å². The van der Waals surface area contributed by atoms with Crippen molar-refractivity contribution < 1.29 is 14.3 Å². The summed E-state index contributed by atoms with van der Waals surface area (Å²) in [7, 11) is 0. The molecule has 0 amide bonds. The number of aryl methyl sites for hydroxylation is 1. The van der Waals surface area contributed by atoms with Gasteiger partial charge in [-0.1, -0.05) is 6.07 Å². The number of halogens is 2. The molecule has 0 aromatic heterocycles. The van der Waals surface area contributed by atoms with E-state index in [9.17, 15) is 9.18 Å². The van der Waals surface area contributed by atoms with Crippen molar-refractivity contribution in [3.05, 3.63) is 33.5 Å². The van der Waals surface area contributed by atoms with E-state index in [4.69, 9.17) is 5.11 Å². The zero-order valence-corrected chi connectivity index (χ0v) is 11.1. The first-order valence-corrected chi connectivity index (χ1v) is 6.45. The summed E-state index contributed by atoms with van der Waals surface area (Å²) in [6, 6.07) is 3.49. The van der Waals surface area contributed by atoms with Gasteiger partial charge in [0.15, 0.2) is 0 Å². The second-order valence-corrected chi connectivity index (χ2v) is 5.53. The maximum absolute atomic E-state index is 13.5. The quantitative estimate of drug-likeness (QED) is 0.916. The summed E-state index contributed by atoms with van der Waals surface area (Å²) >= 11 is 3.18. The van der Waals surface area contributed by atoms with Gasteiger partial charge in [0, 0.05) is 0 Å². The first-order valence-electron chi connectivity index (χ1n) is 5.66. The SMILES string of the molecule is Cc1cc(C(CC(=O)O)C2CC2)cc(Br)c1F. The van der Waals surface area contributed by atoms with Gasteiger partial charge in [-0.25, -0.2) is 4.39 Å². The Labute approximate surface area is 108 Å². The Bertz CT molecular complexity index is 432. The van der Waals surface area contributed by atoms with Gasteiger partial charge in [0.1, 0.15) is 5.82 Å². The molecule has 0 bridgehead atoms. The molecule has 92 valence electrons. The maximum Gasteiger partial charge on any atom is 0.303 e. The van der Waals surface area contributed by atoms with Crippen LogP contribution in [0.4, 0.5) is 4.39 Å². The van der Waals surface area contributed by atoms with Crippen molar-refractivity contribution >= 4 is 21.9 Å². The molecule has 1 aliphatic carbocycles. The molecule has 1 aliphatic rings. The zero-order valence-electron chi connectivity index (χ0n) is 9.54. The first-order chi connectivity index (χ1) is 7.99. The van der Waals surface area contributed by atoms with E-state index in [2.05, 4.69) is 15.9 Å². The fraction of sp³-hybridized carbons (Fsp3) is 0.462. The van der Waals surface area contributed by atoms with Gasteiger partial charge in [0.2, 0.25) is 0 Å². The highest BCUT2D eigenvalue weighted by Crippen LogP contribution is 2.45. The Morgan fingerprint density at radius 2 is 2.24 bits per heavy atom. The smallest absolute Gasteiger partial charge is 0.303 e. The van der Waals surface area contributed by atoms with Gasteiger partial charge in [-0.15, -0.1) is 0 Å². The number of aliphatic carboxylic acids is 1. The van der Waals surface area contributed by atoms with Gasteiger partial charge >= 0.3 is 5.97 Å². The zero-order chi connectivity index (χ0) is 12.6. The summed E-state index contributed by atoms with van der Waals surface area (Å²) in [6.07, 6.45) is 2.28. The van der Waals surface area contributed by atoms with Crippen LogP contribution in [0.2, 0.25) is 0 Å². The highest BCUT2D eigenvalue weighted by atomic mass is 79.9. The molecule has 1 atom stereocenters. The molecule has 0 aliphatic heterocycles. The average Bonchev–Trinajstić information content (AvgIpc) is 3.05. The molecular weight excluding hydrogens is 287 g/mol. The van der Waals surface area contributed by atoms with E-state index in [0.29, 0.717) is 16.0 Å². The normalized spacial score (nSPS) is 16.9. The van der Waals surface area contributed by atoms with Crippen LogP contribution in [-0.4, -0.2) is 11.1 Å². The maximum atomic E-state index is 13.5. The van der Waals surface area contributed by atoms with Crippen molar-refractivity contribution in [3.8, 4) is 0 Å². The lowest BCUT2D eigenvalue weighted by Gasteiger charge is -2.16. The molecule has 1 N–H and O–H groups in total. The molecule has 0 heterocycles. The van der Waals surface area contributed by atoms with Crippen molar-refractivity contribution in [1.82, 2.24) is 0 Å². The van der Waals surface area contributed by atoms with Crippen molar-refractivity contribution in [2.75, 3.05) is 0 Å². The number of hydrogen-bond donors (Lipinski definition) is 1. The van der Waals surface area contributed by atoms with Crippen LogP contribution >= 0.6 is 15.9 Å². The Kier molecular flexibility index (Phi) is 3.52. The highest BCUT2D eigenvalue weighted by Gasteiger charge is 2.34. The molecule has 17 heavy (non-hydrogen) atoms. The van der Waals surface area contributed by atoms with E-state index in [1.165, 1.54) is 0 Å². The first kappa shape index (κ1) is 12.6. The van der Waals surface area contributed by atoms with Crippen LogP contribution in [0, 0.1) is 18.7 Å². The van der Waals surface area contributed by atoms with Gasteiger partial charge in [-0.3, -0.25) is 4.79 Å². The van der Waals surface area contributed by atoms with Crippen LogP contribution in [-0.2, 0) is 4.79 Å². The topological polar surface area (TPSA) is 37.3 Å². The summed E-state index contributed by atoms with van der Waals surface area (Å²) in [6.45, 7) is 1.70. The number of hydrogen-bond acceptors (Lipinski definition) is 1. The van der Waals surface area contributed by atoms with Crippen molar-refractivity contribution in [3.63, 3.8) is 0 Å². The minimum absolute atomic E-state index is 0.0168. The average molecular weight is 301 g/mol. The Morgan fingerprint density at radius 3 is 2.71 bits per heavy atom. The van der Waals surface area contributed by atoms with Crippen LogP contribution < -0.4 is 0 Å². The Hall–Kier alpha value is -0.900. The van der Waals surface area contributed by atoms with Gasteiger partial charge < -0.3 is 5.11 Å². The summed E-state index contributed by atoms with van der Waals surface area (Å²) in [5.41, 5.74) is 1.49. The molecule has 1 aromatic carbocycles. The van der Waals surface area contributed by atoms with Crippen LogP contribution in [0.3, 0.4) is 0 Å². The summed E-state index contributed by atoms with van der Waals surface area (Å²) in [4.78, 5) is 10.9. The van der Waals surface area contributed by atoms with Crippen molar-refractivity contribution in [1.29, 1.82) is 0 Å².